The lowest BCUT2D eigenvalue weighted by atomic mass is 9.97. The maximum absolute atomic E-state index is 10.9. The lowest BCUT2D eigenvalue weighted by molar-refractivity contribution is -0.136. The van der Waals surface area contributed by atoms with Crippen molar-refractivity contribution in [3.05, 3.63) is 115 Å². The zero-order valence-corrected chi connectivity index (χ0v) is 22.9. The number of fused-ring (bicyclic) bond motifs is 2. The minimum absolute atomic E-state index is 0.0363. The molecule has 2 aliphatic heterocycles. The molecule has 0 aromatic heterocycles. The van der Waals surface area contributed by atoms with Gasteiger partial charge in [-0.3, -0.25) is 4.79 Å². The topological polar surface area (TPSA) is 46.5 Å². The van der Waals surface area contributed by atoms with E-state index in [1.807, 2.05) is 24.3 Å². The molecule has 0 saturated heterocycles. The Morgan fingerprint density at radius 2 is 1.11 bits per heavy atom. The van der Waals surface area contributed by atoms with Gasteiger partial charge in [0.25, 0.3) is 0 Å². The molecule has 7 heteroatoms. The van der Waals surface area contributed by atoms with Crippen LogP contribution in [0.25, 0.3) is 30.0 Å². The zero-order chi connectivity index (χ0) is 25.2. The van der Waals surface area contributed by atoms with Crippen molar-refractivity contribution in [2.24, 2.45) is 0 Å². The molecule has 0 spiro atoms. The number of carboxylic acids is 1. The van der Waals surface area contributed by atoms with Crippen LogP contribution in [0.5, 0.6) is 0 Å². The van der Waals surface area contributed by atoms with Crippen LogP contribution in [0.15, 0.2) is 88.4 Å². The van der Waals surface area contributed by atoms with E-state index in [1.165, 1.54) is 40.5 Å². The predicted molar refractivity (Wildman–Crippen MR) is 162 cm³/mol. The monoisotopic (exact) mass is 558 g/mol. The third-order valence-corrected chi connectivity index (χ3v) is 10.5. The van der Waals surface area contributed by atoms with Crippen LogP contribution in [0.2, 0.25) is 0 Å². The van der Waals surface area contributed by atoms with Crippen LogP contribution in [0.3, 0.4) is 0 Å². The lowest BCUT2D eigenvalue weighted by Gasteiger charge is -2.13. The van der Waals surface area contributed by atoms with Gasteiger partial charge < -0.3 is 9.84 Å². The number of ether oxygens (including phenoxy) is 1. The van der Waals surface area contributed by atoms with Crippen molar-refractivity contribution in [3.63, 3.8) is 0 Å². The second kappa shape index (κ2) is 11.1. The van der Waals surface area contributed by atoms with E-state index in [1.54, 1.807) is 47.0 Å². The van der Waals surface area contributed by atoms with Gasteiger partial charge in [0, 0.05) is 10.4 Å². The first-order valence-electron chi connectivity index (χ1n) is 11.7. The molecule has 0 aliphatic carbocycles. The molecule has 4 aromatic rings. The highest BCUT2D eigenvalue weighted by Crippen LogP contribution is 2.41. The molecular formula is C30H22O3S4. The third-order valence-electron chi connectivity index (χ3n) is 6.22. The Balaban J connectivity index is 1.39. The van der Waals surface area contributed by atoms with Crippen LogP contribution in [-0.4, -0.2) is 11.1 Å². The van der Waals surface area contributed by atoms with Gasteiger partial charge in [-0.1, -0.05) is 108 Å². The first-order valence-corrected chi connectivity index (χ1v) is 15.3. The molecule has 0 amide bonds. The highest BCUT2D eigenvalue weighted by molar-refractivity contribution is 8.35. The highest BCUT2D eigenvalue weighted by atomic mass is 32.2. The molecule has 0 saturated carbocycles. The Hall–Kier alpha value is -2.55. The molecule has 0 radical (unpaired) electrons. The van der Waals surface area contributed by atoms with Gasteiger partial charge in [-0.2, -0.15) is 0 Å². The number of hydrogen-bond donors (Lipinski definition) is 1. The molecule has 2 heterocycles. The van der Waals surface area contributed by atoms with E-state index in [0.29, 0.717) is 13.2 Å². The number of hydrogen-bond acceptors (Lipinski definition) is 6. The normalized spacial score (nSPS) is 14.9. The summed E-state index contributed by atoms with van der Waals surface area (Å²) in [7, 11) is 0. The minimum Gasteiger partial charge on any atom is -0.481 e. The summed E-state index contributed by atoms with van der Waals surface area (Å²) in [5, 5.41) is 25.3. The van der Waals surface area contributed by atoms with Crippen LogP contribution in [-0.2, 0) is 29.2 Å². The Labute approximate surface area is 231 Å². The van der Waals surface area contributed by atoms with Crippen molar-refractivity contribution in [1.29, 1.82) is 0 Å². The Kier molecular flexibility index (Phi) is 7.40. The van der Waals surface area contributed by atoms with Crippen molar-refractivity contribution in [3.8, 4) is 0 Å². The molecule has 4 aromatic carbocycles. The first kappa shape index (κ1) is 24.8. The van der Waals surface area contributed by atoms with Crippen molar-refractivity contribution >= 4 is 83.0 Å². The van der Waals surface area contributed by atoms with Crippen molar-refractivity contribution in [2.75, 3.05) is 0 Å². The first-order chi connectivity index (χ1) is 18.2. The fourth-order valence-corrected chi connectivity index (χ4v) is 8.46. The van der Waals surface area contributed by atoms with E-state index in [2.05, 4.69) is 64.1 Å². The van der Waals surface area contributed by atoms with Crippen LogP contribution < -0.4 is 10.4 Å². The standard InChI is InChI=1S/C30H22O3S4/c31-26(32)16-19-5-7-20(8-6-19)17-33-18-21-9-10-24-25(15-21)28(30-36-13-14-37-30)23-4-2-1-3-22(23)27(24)29-34-11-12-35-29/h1-15H,16-18H2,(H,31,32). The molecule has 37 heavy (non-hydrogen) atoms. The molecule has 0 unspecified atom stereocenters. The van der Waals surface area contributed by atoms with E-state index in [4.69, 9.17) is 9.84 Å². The van der Waals surface area contributed by atoms with Gasteiger partial charge in [-0.05, 0) is 65.9 Å². The van der Waals surface area contributed by atoms with Gasteiger partial charge in [-0.15, -0.1) is 0 Å². The fraction of sp³-hybridized carbons (Fsp3) is 0.100. The Morgan fingerprint density at radius 3 is 1.70 bits per heavy atom. The number of carboxylic acid groups (broad SMARTS) is 1. The highest BCUT2D eigenvalue weighted by Gasteiger charge is 2.15. The van der Waals surface area contributed by atoms with Crippen LogP contribution in [0.1, 0.15) is 16.7 Å². The van der Waals surface area contributed by atoms with Crippen molar-refractivity contribution < 1.29 is 14.6 Å². The summed E-state index contributed by atoms with van der Waals surface area (Å²) in [4.78, 5) is 10.9. The van der Waals surface area contributed by atoms with Gasteiger partial charge in [0.15, 0.2) is 0 Å². The fourth-order valence-electron chi connectivity index (χ4n) is 4.62. The third kappa shape index (κ3) is 5.24. The van der Waals surface area contributed by atoms with Crippen LogP contribution >= 0.6 is 47.0 Å². The maximum atomic E-state index is 10.9. The molecule has 3 nitrogen and oxygen atoms in total. The molecule has 6 rings (SSSR count). The van der Waals surface area contributed by atoms with E-state index in [9.17, 15) is 4.79 Å². The number of aliphatic carboxylic acids is 1. The molecule has 1 N–H and O–H groups in total. The van der Waals surface area contributed by atoms with Crippen LogP contribution in [0.4, 0.5) is 0 Å². The van der Waals surface area contributed by atoms with Gasteiger partial charge in [-0.25, -0.2) is 0 Å². The summed E-state index contributed by atoms with van der Waals surface area (Å²) in [5.74, 6) is -0.821. The smallest absolute Gasteiger partial charge is 0.307 e. The summed E-state index contributed by atoms with van der Waals surface area (Å²) in [6.45, 7) is 0.981. The van der Waals surface area contributed by atoms with E-state index >= 15 is 0 Å². The number of thioether (sulfide) groups is 4. The maximum Gasteiger partial charge on any atom is 0.307 e. The van der Waals surface area contributed by atoms with Gasteiger partial charge >= 0.3 is 5.97 Å². The van der Waals surface area contributed by atoms with E-state index < -0.39 is 5.97 Å². The van der Waals surface area contributed by atoms with Gasteiger partial charge in [0.05, 0.1) is 28.1 Å². The Morgan fingerprint density at radius 1 is 0.622 bits per heavy atom. The molecule has 0 fully saturated rings. The molecule has 2 aliphatic rings. The number of carbonyl (C=O) groups is 1. The SMILES string of the molecule is O=C(O)Cc1ccc(COCc2ccc3c(=C4SC=CS4)c4ccccc4c(=C4SC=CS4)c3c2)cc1. The largest absolute Gasteiger partial charge is 0.481 e. The lowest BCUT2D eigenvalue weighted by Crippen LogP contribution is -2.17. The summed E-state index contributed by atoms with van der Waals surface area (Å²) in [6.07, 6.45) is 0.0363. The van der Waals surface area contributed by atoms with Crippen molar-refractivity contribution in [1.82, 2.24) is 0 Å². The molecule has 0 bridgehead atoms. The van der Waals surface area contributed by atoms with Gasteiger partial charge in [0.2, 0.25) is 0 Å². The molecule has 184 valence electrons. The van der Waals surface area contributed by atoms with Gasteiger partial charge in [0.1, 0.15) is 0 Å². The number of benzene rings is 4. The van der Waals surface area contributed by atoms with E-state index in [0.717, 1.165) is 16.7 Å². The molecular weight excluding hydrogens is 537 g/mol. The summed E-state index contributed by atoms with van der Waals surface area (Å²) in [6, 6.07) is 23.1. The quantitative estimate of drug-likeness (QED) is 0.248. The minimum atomic E-state index is -0.821. The van der Waals surface area contributed by atoms with Crippen LogP contribution in [0, 0.1) is 0 Å². The summed E-state index contributed by atoms with van der Waals surface area (Å²) < 4.78 is 8.71. The zero-order valence-electron chi connectivity index (χ0n) is 19.7. The average Bonchev–Trinajstić information content (AvgIpc) is 3.63. The summed E-state index contributed by atoms with van der Waals surface area (Å²) >= 11 is 7.17. The second-order valence-corrected chi connectivity index (χ2v) is 12.8. The second-order valence-electron chi connectivity index (χ2n) is 8.65. The molecule has 0 atom stereocenters. The Bertz CT molecular complexity index is 1690. The van der Waals surface area contributed by atoms with Crippen molar-refractivity contribution in [2.45, 2.75) is 19.6 Å². The average molecular weight is 559 g/mol. The predicted octanol–water partition coefficient (Wildman–Crippen LogP) is 7.37. The number of rotatable bonds is 6. The van der Waals surface area contributed by atoms with E-state index in [-0.39, 0.29) is 6.42 Å². The summed E-state index contributed by atoms with van der Waals surface area (Å²) in [5.41, 5.74) is 2.96.